The number of thiophene rings is 1. The van der Waals surface area contributed by atoms with Crippen LogP contribution in [0.1, 0.15) is 52.4 Å². The molecule has 6 nitrogen and oxygen atoms in total. The van der Waals surface area contributed by atoms with E-state index in [1.165, 1.54) is 24.2 Å². The van der Waals surface area contributed by atoms with Crippen LogP contribution in [0, 0.1) is 13.8 Å². The molecule has 3 aromatic rings. The molecule has 1 saturated heterocycles. The lowest BCUT2D eigenvalue weighted by Gasteiger charge is -2.36. The van der Waals surface area contributed by atoms with E-state index in [2.05, 4.69) is 28.1 Å². The van der Waals surface area contributed by atoms with Crippen LogP contribution in [-0.4, -0.2) is 53.5 Å². The lowest BCUT2D eigenvalue weighted by atomic mass is 10.1. The number of hydrogen-bond donors (Lipinski definition) is 1. The number of rotatable bonds is 5. The third kappa shape index (κ3) is 3.92. The number of amides is 1. The van der Waals surface area contributed by atoms with Crippen molar-refractivity contribution in [2.45, 2.75) is 39.5 Å². The van der Waals surface area contributed by atoms with Crippen molar-refractivity contribution in [2.24, 2.45) is 0 Å². The molecule has 2 aromatic heterocycles. The summed E-state index contributed by atoms with van der Waals surface area (Å²) in [5.74, 6) is 1.38. The molecule has 0 spiro atoms. The van der Waals surface area contributed by atoms with Gasteiger partial charge in [0.05, 0.1) is 21.9 Å². The fraction of sp³-hybridized carbons (Fsp3) is 0.458. The predicted octanol–water partition coefficient (Wildman–Crippen LogP) is 4.58. The van der Waals surface area contributed by atoms with Crippen molar-refractivity contribution >= 4 is 38.8 Å². The molecule has 2 aliphatic rings. The van der Waals surface area contributed by atoms with Crippen molar-refractivity contribution in [1.82, 2.24) is 14.9 Å². The second-order valence-corrected chi connectivity index (χ2v) is 9.57. The van der Waals surface area contributed by atoms with Crippen LogP contribution in [0.15, 0.2) is 24.3 Å². The van der Waals surface area contributed by atoms with E-state index < -0.39 is 0 Å². The molecule has 2 fully saturated rings. The number of nitrogens with one attached hydrogen (secondary N) is 1. The first-order valence-corrected chi connectivity index (χ1v) is 12.0. The number of carbonyl (C=O) groups excluding carboxylic acids is 1. The van der Waals surface area contributed by atoms with Gasteiger partial charge in [-0.25, -0.2) is 9.97 Å². The van der Waals surface area contributed by atoms with Gasteiger partial charge in [0.2, 0.25) is 0 Å². The maximum absolute atomic E-state index is 13.3. The first-order valence-electron chi connectivity index (χ1n) is 11.2. The molecular weight excluding hydrogens is 406 g/mol. The lowest BCUT2D eigenvalue weighted by Crippen LogP contribution is -2.46. The number of aryl methyl sites for hydroxylation is 2. The smallest absolute Gasteiger partial charge is 0.266 e. The maximum Gasteiger partial charge on any atom is 0.266 e. The summed E-state index contributed by atoms with van der Waals surface area (Å²) in [7, 11) is 0. The van der Waals surface area contributed by atoms with Crippen LogP contribution in [0.5, 0.6) is 0 Å². The summed E-state index contributed by atoms with van der Waals surface area (Å²) in [6.45, 7) is 11.4. The normalized spacial score (nSPS) is 17.3. The molecule has 0 bridgehead atoms. The predicted molar refractivity (Wildman–Crippen MR) is 128 cm³/mol. The minimum Gasteiger partial charge on any atom is -0.367 e. The van der Waals surface area contributed by atoms with Crippen LogP contribution in [0.25, 0.3) is 10.2 Å². The fourth-order valence-corrected chi connectivity index (χ4v) is 5.57. The summed E-state index contributed by atoms with van der Waals surface area (Å²) in [5.41, 5.74) is 3.92. The Hall–Kier alpha value is -2.51. The molecule has 1 saturated carbocycles. The SMILES string of the molecule is CCN1CCN(c2ccccc2NC(=O)c2sc3nc(C4CC4)nc(C)c3c2C)CC1. The van der Waals surface area contributed by atoms with Crippen LogP contribution in [-0.2, 0) is 0 Å². The minimum absolute atomic E-state index is 0.0625. The Labute approximate surface area is 187 Å². The number of piperazine rings is 1. The highest BCUT2D eigenvalue weighted by molar-refractivity contribution is 7.20. The summed E-state index contributed by atoms with van der Waals surface area (Å²) in [4.78, 5) is 29.3. The molecule has 1 amide bonds. The Balaban J connectivity index is 1.41. The molecule has 1 aliphatic heterocycles. The van der Waals surface area contributed by atoms with Crippen molar-refractivity contribution in [1.29, 1.82) is 0 Å². The molecule has 0 atom stereocenters. The molecule has 162 valence electrons. The maximum atomic E-state index is 13.3. The summed E-state index contributed by atoms with van der Waals surface area (Å²) in [6.07, 6.45) is 2.35. The number of nitrogens with zero attached hydrogens (tertiary/aromatic N) is 4. The molecule has 0 radical (unpaired) electrons. The average Bonchev–Trinajstić information content (AvgIpc) is 3.57. The van der Waals surface area contributed by atoms with E-state index in [1.54, 1.807) is 0 Å². The number of para-hydroxylation sites is 2. The Kier molecular flexibility index (Phi) is 5.40. The molecule has 1 aliphatic carbocycles. The fourth-order valence-electron chi connectivity index (χ4n) is 4.44. The summed E-state index contributed by atoms with van der Waals surface area (Å²) < 4.78 is 0. The van der Waals surface area contributed by atoms with E-state index in [9.17, 15) is 4.79 Å². The van der Waals surface area contributed by atoms with Crippen molar-refractivity contribution in [2.75, 3.05) is 42.9 Å². The van der Waals surface area contributed by atoms with Gasteiger partial charge in [0.15, 0.2) is 0 Å². The number of likely N-dealkylation sites (N-methyl/N-ethyl adjacent to an activating group) is 1. The van der Waals surface area contributed by atoms with E-state index in [0.29, 0.717) is 5.92 Å². The highest BCUT2D eigenvalue weighted by Crippen LogP contribution is 2.40. The number of anilines is 2. The third-order valence-corrected chi connectivity index (χ3v) is 7.63. The van der Waals surface area contributed by atoms with Crippen molar-refractivity contribution < 1.29 is 4.79 Å². The highest BCUT2D eigenvalue weighted by Gasteiger charge is 2.29. The van der Waals surface area contributed by atoms with Crippen LogP contribution in [0.3, 0.4) is 0 Å². The van der Waals surface area contributed by atoms with Gasteiger partial charge in [-0.15, -0.1) is 11.3 Å². The number of benzene rings is 1. The number of hydrogen-bond acceptors (Lipinski definition) is 6. The van der Waals surface area contributed by atoms with Crippen molar-refractivity contribution in [3.05, 3.63) is 46.2 Å². The zero-order valence-electron chi connectivity index (χ0n) is 18.4. The van der Waals surface area contributed by atoms with Crippen LogP contribution in [0.4, 0.5) is 11.4 Å². The van der Waals surface area contributed by atoms with Gasteiger partial charge in [0.25, 0.3) is 5.91 Å². The van der Waals surface area contributed by atoms with Crippen LogP contribution >= 0.6 is 11.3 Å². The van der Waals surface area contributed by atoms with E-state index in [-0.39, 0.29) is 5.91 Å². The summed E-state index contributed by atoms with van der Waals surface area (Å²) in [5, 5.41) is 4.22. The van der Waals surface area contributed by atoms with Gasteiger partial charge in [-0.3, -0.25) is 4.79 Å². The molecule has 31 heavy (non-hydrogen) atoms. The Morgan fingerprint density at radius 2 is 1.87 bits per heavy atom. The van der Waals surface area contributed by atoms with Crippen molar-refractivity contribution in [3.8, 4) is 0 Å². The highest BCUT2D eigenvalue weighted by atomic mass is 32.1. The molecule has 7 heteroatoms. The van der Waals surface area contributed by atoms with Gasteiger partial charge < -0.3 is 15.1 Å². The van der Waals surface area contributed by atoms with E-state index >= 15 is 0 Å². The van der Waals surface area contributed by atoms with E-state index in [0.717, 1.165) is 76.3 Å². The second kappa shape index (κ2) is 8.20. The molecule has 0 unspecified atom stereocenters. The van der Waals surface area contributed by atoms with Gasteiger partial charge in [-0.2, -0.15) is 0 Å². The van der Waals surface area contributed by atoms with Gasteiger partial charge in [-0.05, 0) is 50.9 Å². The van der Waals surface area contributed by atoms with Gasteiger partial charge in [0.1, 0.15) is 10.7 Å². The monoisotopic (exact) mass is 435 g/mol. The van der Waals surface area contributed by atoms with E-state index in [1.807, 2.05) is 32.0 Å². The minimum atomic E-state index is -0.0625. The largest absolute Gasteiger partial charge is 0.367 e. The number of aromatic nitrogens is 2. The van der Waals surface area contributed by atoms with E-state index in [4.69, 9.17) is 9.97 Å². The topological polar surface area (TPSA) is 61.4 Å². The van der Waals surface area contributed by atoms with Gasteiger partial charge in [0, 0.05) is 37.5 Å². The zero-order chi connectivity index (χ0) is 21.5. The molecule has 1 N–H and O–H groups in total. The van der Waals surface area contributed by atoms with Gasteiger partial charge in [-0.1, -0.05) is 19.1 Å². The molecular formula is C24H29N5OS. The zero-order valence-corrected chi connectivity index (χ0v) is 19.3. The first kappa shape index (κ1) is 20.4. The summed E-state index contributed by atoms with van der Waals surface area (Å²) >= 11 is 1.49. The second-order valence-electron chi connectivity index (χ2n) is 8.57. The Bertz CT molecular complexity index is 1130. The van der Waals surface area contributed by atoms with Crippen LogP contribution in [0.2, 0.25) is 0 Å². The Morgan fingerprint density at radius 1 is 1.13 bits per heavy atom. The Morgan fingerprint density at radius 3 is 2.58 bits per heavy atom. The average molecular weight is 436 g/mol. The lowest BCUT2D eigenvalue weighted by molar-refractivity contribution is 0.103. The van der Waals surface area contributed by atoms with Crippen LogP contribution < -0.4 is 10.2 Å². The standard InChI is InChI=1S/C24H29N5OS/c1-4-28-11-13-29(14-12-28)19-8-6-5-7-18(19)26-23(30)21-15(2)20-16(3)25-22(17-9-10-17)27-24(20)31-21/h5-8,17H,4,9-14H2,1-3H3,(H,26,30). The third-order valence-electron chi connectivity index (χ3n) is 6.45. The molecule has 3 heterocycles. The first-order chi connectivity index (χ1) is 15.0. The summed E-state index contributed by atoms with van der Waals surface area (Å²) in [6, 6.07) is 8.13. The number of fused-ring (bicyclic) bond motifs is 1. The molecule has 1 aromatic carbocycles. The van der Waals surface area contributed by atoms with Gasteiger partial charge >= 0.3 is 0 Å². The van der Waals surface area contributed by atoms with Crippen molar-refractivity contribution in [3.63, 3.8) is 0 Å². The quantitative estimate of drug-likeness (QED) is 0.636. The molecule has 5 rings (SSSR count). The number of carbonyl (C=O) groups is 1.